The van der Waals surface area contributed by atoms with E-state index in [2.05, 4.69) is 37.0 Å². The second kappa shape index (κ2) is 8.79. The normalized spacial score (nSPS) is 21.0. The maximum atomic E-state index is 13.1. The van der Waals surface area contributed by atoms with Crippen LogP contribution in [-0.4, -0.2) is 63.0 Å². The molecule has 2 aliphatic heterocycles. The van der Waals surface area contributed by atoms with Gasteiger partial charge in [0.1, 0.15) is 4.83 Å². The van der Waals surface area contributed by atoms with Crippen molar-refractivity contribution in [3.05, 3.63) is 77.7 Å². The summed E-state index contributed by atoms with van der Waals surface area (Å²) in [7, 11) is 0. The van der Waals surface area contributed by atoms with Gasteiger partial charge in [0.2, 0.25) is 0 Å². The lowest BCUT2D eigenvalue weighted by molar-refractivity contribution is -0.117. The van der Waals surface area contributed by atoms with E-state index in [1.165, 1.54) is 23.3 Å². The molecule has 6 rings (SSSR count). The largest absolute Gasteiger partial charge is 0.382 e. The van der Waals surface area contributed by atoms with Gasteiger partial charge < -0.3 is 16.0 Å². The number of carbonyl (C=O) groups is 2. The molecule has 0 radical (unpaired) electrons. The van der Waals surface area contributed by atoms with Gasteiger partial charge in [0, 0.05) is 61.7 Å². The Hall–Kier alpha value is -3.76. The summed E-state index contributed by atoms with van der Waals surface area (Å²) in [6.45, 7) is 4.33. The van der Waals surface area contributed by atoms with E-state index in [-0.39, 0.29) is 17.9 Å². The van der Waals surface area contributed by atoms with Crippen LogP contribution in [0.4, 0.5) is 0 Å². The molecule has 2 atom stereocenters. The van der Waals surface area contributed by atoms with E-state index in [0.29, 0.717) is 29.4 Å². The monoisotopic (exact) mass is 487 g/mol. The topological polar surface area (TPSA) is 104 Å². The van der Waals surface area contributed by atoms with Gasteiger partial charge in [-0.25, -0.2) is 4.52 Å². The number of fused-ring (bicyclic) bond motifs is 2. The zero-order valence-corrected chi connectivity index (χ0v) is 20.0. The summed E-state index contributed by atoms with van der Waals surface area (Å²) in [5.41, 5.74) is 4.11. The Kier molecular flexibility index (Phi) is 5.46. The third kappa shape index (κ3) is 4.26. The summed E-state index contributed by atoms with van der Waals surface area (Å²) < 4.78 is 1.71. The van der Waals surface area contributed by atoms with E-state index < -0.39 is 0 Å². The van der Waals surface area contributed by atoms with Crippen molar-refractivity contribution in [2.45, 2.75) is 25.4 Å². The Balaban J connectivity index is 1.12. The molecule has 9 nitrogen and oxygen atoms in total. The molecule has 2 unspecified atom stereocenters. The molecule has 3 aromatic rings. The molecule has 0 saturated heterocycles. The summed E-state index contributed by atoms with van der Waals surface area (Å²) in [5.74, 6) is -0.422. The number of hydrogen-bond donors (Lipinski definition) is 3. The molecule has 178 valence electrons. The van der Waals surface area contributed by atoms with Gasteiger partial charge in [0.25, 0.3) is 11.8 Å². The van der Waals surface area contributed by atoms with Gasteiger partial charge in [0.05, 0.1) is 28.3 Å². The second-order valence-corrected chi connectivity index (χ2v) is 9.97. The smallest absolute Gasteiger partial charge is 0.260 e. The zero-order valence-electron chi connectivity index (χ0n) is 19.2. The van der Waals surface area contributed by atoms with Crippen LogP contribution in [0.3, 0.4) is 0 Å². The Morgan fingerprint density at radius 2 is 2.20 bits per heavy atom. The molecule has 3 N–H and O–H groups in total. The molecule has 1 saturated carbocycles. The van der Waals surface area contributed by atoms with Crippen molar-refractivity contribution in [1.82, 2.24) is 35.4 Å². The lowest BCUT2D eigenvalue weighted by Gasteiger charge is -2.23. The van der Waals surface area contributed by atoms with Crippen LogP contribution >= 0.6 is 11.3 Å². The Bertz CT molecular complexity index is 1400. The van der Waals surface area contributed by atoms with Gasteiger partial charge in [0.15, 0.2) is 0 Å². The fraction of sp³-hybridized carbons (Fsp3) is 0.280. The molecule has 0 bridgehead atoms. The van der Waals surface area contributed by atoms with E-state index in [9.17, 15) is 9.59 Å². The van der Waals surface area contributed by atoms with Crippen LogP contribution in [0, 0.1) is 0 Å². The van der Waals surface area contributed by atoms with Crippen molar-refractivity contribution < 1.29 is 9.59 Å². The van der Waals surface area contributed by atoms with Crippen LogP contribution in [0.1, 0.15) is 23.7 Å². The number of pyridine rings is 1. The van der Waals surface area contributed by atoms with Gasteiger partial charge in [-0.05, 0) is 25.5 Å². The minimum Gasteiger partial charge on any atom is -0.382 e. The van der Waals surface area contributed by atoms with Gasteiger partial charge in [-0.1, -0.05) is 17.7 Å². The number of thiazole rings is 1. The van der Waals surface area contributed by atoms with Crippen molar-refractivity contribution in [3.63, 3.8) is 0 Å². The van der Waals surface area contributed by atoms with Crippen LogP contribution in [0.15, 0.2) is 72.1 Å². The fourth-order valence-corrected chi connectivity index (χ4v) is 5.52. The number of nitrogens with one attached hydrogen (secondary N) is 3. The first kappa shape index (κ1) is 21.8. The highest BCUT2D eigenvalue weighted by Gasteiger charge is 2.38. The predicted molar refractivity (Wildman–Crippen MR) is 134 cm³/mol. The number of hydrogen-bond acceptors (Lipinski definition) is 7. The minimum atomic E-state index is -0.261. The van der Waals surface area contributed by atoms with E-state index in [1.807, 2.05) is 25.3 Å². The minimum absolute atomic E-state index is 0.139. The molecule has 0 aromatic carbocycles. The van der Waals surface area contributed by atoms with Crippen molar-refractivity contribution in [2.24, 2.45) is 0 Å². The Morgan fingerprint density at radius 3 is 2.97 bits per heavy atom. The predicted octanol–water partition coefficient (Wildman–Crippen LogP) is 2.08. The molecule has 10 heteroatoms. The number of amides is 2. The van der Waals surface area contributed by atoms with Gasteiger partial charge >= 0.3 is 0 Å². The fourth-order valence-electron chi connectivity index (χ4n) is 4.47. The first-order chi connectivity index (χ1) is 17.1. The van der Waals surface area contributed by atoms with E-state index in [0.717, 1.165) is 28.4 Å². The molecule has 5 heterocycles. The second-order valence-electron chi connectivity index (χ2n) is 8.94. The lowest BCUT2D eigenvalue weighted by atomic mass is 10.1. The van der Waals surface area contributed by atoms with E-state index in [1.54, 1.807) is 35.4 Å². The quantitative estimate of drug-likeness (QED) is 0.441. The Labute approximate surface area is 206 Å². The molecule has 3 aliphatic rings. The third-order valence-corrected chi connectivity index (χ3v) is 7.74. The van der Waals surface area contributed by atoms with Crippen molar-refractivity contribution in [3.8, 4) is 10.4 Å². The average molecular weight is 488 g/mol. The number of dihydropyridines is 1. The van der Waals surface area contributed by atoms with Gasteiger partial charge in [-0.15, -0.1) is 11.3 Å². The number of aromatic nitrogens is 3. The first-order valence-corrected chi connectivity index (χ1v) is 12.5. The molecule has 1 aliphatic carbocycles. The lowest BCUT2D eigenvalue weighted by Crippen LogP contribution is -2.40. The highest BCUT2D eigenvalue weighted by Crippen LogP contribution is 2.39. The molecule has 2 amide bonds. The van der Waals surface area contributed by atoms with Crippen LogP contribution in [-0.2, 0) is 4.79 Å². The maximum absolute atomic E-state index is 13.1. The first-order valence-electron chi connectivity index (χ1n) is 11.6. The number of nitrogens with zero attached hydrogens (tertiary/aromatic N) is 4. The molecule has 3 aromatic heterocycles. The molecule has 35 heavy (non-hydrogen) atoms. The van der Waals surface area contributed by atoms with E-state index >= 15 is 0 Å². The molecule has 1 fully saturated rings. The summed E-state index contributed by atoms with van der Waals surface area (Å²) in [6, 6.07) is 4.31. The number of carbonyl (C=O) groups excluding carboxylic acids is 2. The van der Waals surface area contributed by atoms with E-state index in [4.69, 9.17) is 0 Å². The van der Waals surface area contributed by atoms with Gasteiger partial charge in [-0.3, -0.25) is 19.5 Å². The standard InChI is InChI=1S/C25H25N7O2S/c1-15-20(9-18(12-28-15)23(33)27-6-8-31-7-4-16-10-21(16)31)30-24(34)19-13-29-32-14-22(35-25(19)32)17-3-2-5-26-11-17/h2-5,9,11-15,21,28H,6-8,10H2,1H3,(H,27,33)(H,30,34). The SMILES string of the molecule is CC1NC=C(C(=O)NCCN2CC=C3CC32)C=C1NC(=O)c1cnn2cc(-c3cccnc3)sc12. The van der Waals surface area contributed by atoms with Crippen LogP contribution in [0.5, 0.6) is 0 Å². The molecular formula is C25H25N7O2S. The Morgan fingerprint density at radius 1 is 1.29 bits per heavy atom. The van der Waals surface area contributed by atoms with Crippen LogP contribution < -0.4 is 16.0 Å². The maximum Gasteiger partial charge on any atom is 0.260 e. The van der Waals surface area contributed by atoms with Crippen molar-refractivity contribution >= 4 is 28.0 Å². The molecular weight excluding hydrogens is 462 g/mol. The average Bonchev–Trinajstić information content (AvgIpc) is 3.16. The van der Waals surface area contributed by atoms with Crippen LogP contribution in [0.25, 0.3) is 15.3 Å². The molecule has 0 spiro atoms. The zero-order chi connectivity index (χ0) is 23.9. The summed E-state index contributed by atoms with van der Waals surface area (Å²) in [4.78, 5) is 34.1. The number of rotatable bonds is 7. The summed E-state index contributed by atoms with van der Waals surface area (Å²) in [5, 5.41) is 13.5. The van der Waals surface area contributed by atoms with Gasteiger partial charge in [-0.2, -0.15) is 5.10 Å². The van der Waals surface area contributed by atoms with Crippen LogP contribution in [0.2, 0.25) is 0 Å². The highest BCUT2D eigenvalue weighted by atomic mass is 32.1. The summed E-state index contributed by atoms with van der Waals surface area (Å²) in [6.07, 6.45) is 13.9. The third-order valence-electron chi connectivity index (χ3n) is 6.58. The summed E-state index contributed by atoms with van der Waals surface area (Å²) >= 11 is 1.48. The highest BCUT2D eigenvalue weighted by molar-refractivity contribution is 7.21. The van der Waals surface area contributed by atoms with Crippen molar-refractivity contribution in [2.75, 3.05) is 19.6 Å². The van der Waals surface area contributed by atoms with Crippen molar-refractivity contribution in [1.29, 1.82) is 0 Å².